The Morgan fingerprint density at radius 3 is 1.74 bits per heavy atom. The van der Waals surface area contributed by atoms with Crippen LogP contribution in [0.15, 0.2) is 112 Å². The van der Waals surface area contributed by atoms with Crippen molar-refractivity contribution in [3.05, 3.63) is 91.5 Å². The molecule has 9 nitrogen and oxygen atoms in total. The number of phenolic OH excluding ortho intramolecular Hbond substituents is 1. The van der Waals surface area contributed by atoms with Gasteiger partial charge < -0.3 is 48.9 Å². The minimum absolute atomic E-state index is 0. The molecule has 0 amide bonds. The fourth-order valence-electron chi connectivity index (χ4n) is 4.23. The number of pyridine rings is 2. The van der Waals surface area contributed by atoms with E-state index < -0.39 is 0 Å². The second kappa shape index (κ2) is 18.1. The van der Waals surface area contributed by atoms with Crippen molar-refractivity contribution < 1.29 is 48.2 Å². The van der Waals surface area contributed by atoms with Crippen LogP contribution in [-0.2, 0) is 13.1 Å². The third-order valence-electron chi connectivity index (χ3n) is 6.69. The van der Waals surface area contributed by atoms with Crippen LogP contribution >= 0.6 is 0 Å². The van der Waals surface area contributed by atoms with Gasteiger partial charge in [0.05, 0.1) is 11.4 Å². The summed E-state index contributed by atoms with van der Waals surface area (Å²) in [5.74, 6) is 0.116. The van der Waals surface area contributed by atoms with E-state index in [1.807, 2.05) is 93.9 Å². The molecule has 4 rings (SSSR count). The normalized spacial score (nSPS) is 10.9. The molecular formula is C32H40Br2N8O. The van der Waals surface area contributed by atoms with E-state index in [4.69, 9.17) is 0 Å². The lowest BCUT2D eigenvalue weighted by molar-refractivity contribution is -0.698. The maximum absolute atomic E-state index is 10.2. The number of nitrogens with zero attached hydrogens (tertiary/aromatic N) is 8. The molecule has 0 radical (unpaired) electrons. The van der Waals surface area contributed by atoms with Crippen LogP contribution in [0.4, 0.5) is 34.1 Å². The van der Waals surface area contributed by atoms with Crippen molar-refractivity contribution in [1.82, 2.24) is 0 Å². The van der Waals surface area contributed by atoms with Crippen LogP contribution < -0.4 is 52.9 Å². The van der Waals surface area contributed by atoms with Crippen LogP contribution in [0.3, 0.4) is 0 Å². The molecule has 0 saturated carbocycles. The summed E-state index contributed by atoms with van der Waals surface area (Å²) in [7, 11) is 7.90. The first-order valence-electron chi connectivity index (χ1n) is 14.0. The van der Waals surface area contributed by atoms with Gasteiger partial charge in [0.1, 0.15) is 30.2 Å². The van der Waals surface area contributed by atoms with Crippen LogP contribution in [0, 0.1) is 0 Å². The van der Waals surface area contributed by atoms with Gasteiger partial charge in [-0.2, -0.15) is 10.2 Å². The standard InChI is InChI=1S/C32H39N8O.2BrH/c1-37(2)29-13-11-26(12-14-29)33-34-27-17-22-39(23-18-27)19-7-5-6-8-20-40-21-9-10-28(25-40)35-36-31-16-15-30(38(3)4)24-32(31)41;;/h9-18,21-25H,5-8,19-20H2,1-4H3;2*1H/q+1;;/p-1. The van der Waals surface area contributed by atoms with Crippen molar-refractivity contribution in [2.75, 3.05) is 38.0 Å². The van der Waals surface area contributed by atoms with Gasteiger partial charge in [-0.15, -0.1) is 10.2 Å². The molecule has 2 aromatic heterocycles. The molecule has 43 heavy (non-hydrogen) atoms. The molecule has 0 atom stereocenters. The predicted molar refractivity (Wildman–Crippen MR) is 163 cm³/mol. The Morgan fingerprint density at radius 2 is 1.14 bits per heavy atom. The average Bonchev–Trinajstić information content (AvgIpc) is 2.98. The largest absolute Gasteiger partial charge is 1.00 e. The Morgan fingerprint density at radius 1 is 0.581 bits per heavy atom. The second-order valence-electron chi connectivity index (χ2n) is 10.4. The smallest absolute Gasteiger partial charge is 0.196 e. The highest BCUT2D eigenvalue weighted by Gasteiger charge is 2.06. The Bertz CT molecular complexity index is 1460. The minimum atomic E-state index is 0. The molecule has 0 aliphatic carbocycles. The van der Waals surface area contributed by atoms with Crippen molar-refractivity contribution in [2.24, 2.45) is 20.5 Å². The number of halogens is 2. The Balaban J connectivity index is 0.00000323. The number of aryl methyl sites for hydroxylation is 2. The summed E-state index contributed by atoms with van der Waals surface area (Å²) in [6.45, 7) is 1.91. The number of phenols is 1. The van der Waals surface area contributed by atoms with Gasteiger partial charge in [0.25, 0.3) is 0 Å². The third kappa shape index (κ3) is 11.5. The number of hydrogen-bond acceptors (Lipinski definition) is 7. The van der Waals surface area contributed by atoms with Crippen LogP contribution in [0.2, 0.25) is 0 Å². The molecule has 11 heteroatoms. The molecule has 0 saturated heterocycles. The van der Waals surface area contributed by atoms with Gasteiger partial charge in [0, 0.05) is 76.7 Å². The monoisotopic (exact) mass is 710 g/mol. The number of azo groups is 2. The number of anilines is 2. The summed E-state index contributed by atoms with van der Waals surface area (Å²) in [5, 5.41) is 27.5. The lowest BCUT2D eigenvalue weighted by Gasteiger charge is -2.12. The zero-order chi connectivity index (χ0) is 29.0. The Labute approximate surface area is 275 Å². The number of aromatic nitrogens is 2. The van der Waals surface area contributed by atoms with Crippen molar-refractivity contribution in [1.29, 1.82) is 0 Å². The number of aromatic hydroxyl groups is 1. The van der Waals surface area contributed by atoms with E-state index in [0.717, 1.165) is 60.8 Å². The van der Waals surface area contributed by atoms with Gasteiger partial charge in [0.15, 0.2) is 24.8 Å². The topological polar surface area (TPSA) is 83.9 Å². The number of hydrogen-bond donors (Lipinski definition) is 1. The van der Waals surface area contributed by atoms with E-state index in [9.17, 15) is 5.11 Å². The lowest BCUT2D eigenvalue weighted by atomic mass is 10.2. The summed E-state index contributed by atoms with van der Waals surface area (Å²) in [4.78, 5) is 3.99. The van der Waals surface area contributed by atoms with Crippen LogP contribution in [-0.4, -0.2) is 33.3 Å². The highest BCUT2D eigenvalue weighted by molar-refractivity contribution is 5.60. The fraction of sp³-hybridized carbons (Fsp3) is 0.312. The lowest BCUT2D eigenvalue weighted by Crippen LogP contribution is -3.00. The van der Waals surface area contributed by atoms with Gasteiger partial charge in [-0.25, -0.2) is 9.13 Å². The van der Waals surface area contributed by atoms with Crippen molar-refractivity contribution in [3.8, 4) is 5.75 Å². The number of unbranched alkanes of at least 4 members (excludes halogenated alkanes) is 3. The highest BCUT2D eigenvalue weighted by atomic mass is 79.9. The Hall–Kier alpha value is -3.70. The molecule has 0 spiro atoms. The predicted octanol–water partition coefficient (Wildman–Crippen LogP) is 1.20. The summed E-state index contributed by atoms with van der Waals surface area (Å²) in [6, 6.07) is 21.3. The number of rotatable bonds is 13. The molecule has 0 fully saturated rings. The van der Waals surface area contributed by atoms with Crippen molar-refractivity contribution in [2.45, 2.75) is 38.8 Å². The summed E-state index contributed by atoms with van der Waals surface area (Å²) in [6.07, 6.45) is 12.7. The van der Waals surface area contributed by atoms with Gasteiger partial charge >= 0.3 is 0 Å². The molecule has 1 N–H and O–H groups in total. The third-order valence-corrected chi connectivity index (χ3v) is 6.69. The maximum atomic E-state index is 10.2. The first kappa shape index (κ1) is 35.5. The van der Waals surface area contributed by atoms with E-state index in [-0.39, 0.29) is 39.7 Å². The molecule has 2 heterocycles. The Kier molecular flexibility index (Phi) is 14.9. The molecule has 2 aromatic carbocycles. The SMILES string of the molecule is CN(C)c1ccc(N=Nc2cc[n+](CCCCCC[n+]3cccc(N=Nc4ccc(N(C)C)cc4O)c3)cc2)cc1.[Br-].[Br-]. The van der Waals surface area contributed by atoms with Crippen LogP contribution in [0.25, 0.3) is 0 Å². The zero-order valence-corrected chi connectivity index (χ0v) is 28.4. The molecule has 0 unspecified atom stereocenters. The molecule has 228 valence electrons. The van der Waals surface area contributed by atoms with E-state index >= 15 is 0 Å². The van der Waals surface area contributed by atoms with Gasteiger partial charge in [-0.3, -0.25) is 0 Å². The summed E-state index contributed by atoms with van der Waals surface area (Å²) < 4.78 is 4.34. The molecular weight excluding hydrogens is 672 g/mol. The summed E-state index contributed by atoms with van der Waals surface area (Å²) >= 11 is 0. The number of benzene rings is 2. The maximum Gasteiger partial charge on any atom is 0.196 e. The molecule has 0 aliphatic heterocycles. The second-order valence-corrected chi connectivity index (χ2v) is 10.4. The van der Waals surface area contributed by atoms with E-state index in [0.29, 0.717) is 5.69 Å². The fourth-order valence-corrected chi connectivity index (χ4v) is 4.23. The van der Waals surface area contributed by atoms with Crippen molar-refractivity contribution >= 4 is 34.1 Å². The van der Waals surface area contributed by atoms with E-state index in [2.05, 4.69) is 53.1 Å². The molecule has 4 aromatic rings. The highest BCUT2D eigenvalue weighted by Crippen LogP contribution is 2.31. The first-order valence-corrected chi connectivity index (χ1v) is 14.0. The quantitative estimate of drug-likeness (QED) is 0.129. The van der Waals surface area contributed by atoms with E-state index in [1.165, 1.54) is 6.42 Å². The van der Waals surface area contributed by atoms with E-state index in [1.54, 1.807) is 12.1 Å². The molecule has 0 bridgehead atoms. The van der Waals surface area contributed by atoms with Gasteiger partial charge in [0.2, 0.25) is 0 Å². The van der Waals surface area contributed by atoms with Gasteiger partial charge in [-0.05, 0) is 55.3 Å². The zero-order valence-electron chi connectivity index (χ0n) is 25.2. The first-order chi connectivity index (χ1) is 19.9. The van der Waals surface area contributed by atoms with Crippen LogP contribution in [0.5, 0.6) is 5.75 Å². The summed E-state index contributed by atoms with van der Waals surface area (Å²) in [5.41, 5.74) is 4.94. The van der Waals surface area contributed by atoms with Crippen LogP contribution in [0.1, 0.15) is 25.7 Å². The minimum Gasteiger partial charge on any atom is -1.00 e. The molecule has 0 aliphatic rings. The van der Waals surface area contributed by atoms with Crippen molar-refractivity contribution in [3.63, 3.8) is 0 Å². The average molecular weight is 713 g/mol. The van der Waals surface area contributed by atoms with Gasteiger partial charge in [-0.1, -0.05) is 0 Å².